The molecule has 0 saturated carbocycles. The molecule has 232 valence electrons. The number of benzene rings is 2. The van der Waals surface area contributed by atoms with E-state index in [0.717, 1.165) is 5.69 Å². The fourth-order valence-electron chi connectivity index (χ4n) is 4.57. The number of nitrogens with zero attached hydrogens (tertiary/aromatic N) is 3. The normalized spacial score (nSPS) is 12.0. The summed E-state index contributed by atoms with van der Waals surface area (Å²) in [7, 11) is 0. The standard InChI is InChI=1S/C34H35N5O6/c1-4-45-30(40)22-38-17-11-14-25(20-38)31-26(21-39(37-31)27-15-9-6-10-16-27)19-28(35-32(41)24-12-7-5-8-13-24)33(42)36-29(34(43)44)18-23(2)3/h5-17,19-21,23,29H,4,18,22H2,1-3H3,(H2-,35,36,41,42,43,44)/p+1. The van der Waals surface area contributed by atoms with Crippen LogP contribution < -0.4 is 15.2 Å². The molecule has 0 spiro atoms. The molecule has 0 saturated heterocycles. The Balaban J connectivity index is 1.82. The van der Waals surface area contributed by atoms with Crippen LogP contribution in [0.3, 0.4) is 0 Å². The molecule has 0 aliphatic heterocycles. The molecular formula is C34H36N5O6+. The van der Waals surface area contributed by atoms with Crippen LogP contribution in [0.4, 0.5) is 0 Å². The maximum atomic E-state index is 13.6. The Bertz CT molecular complexity index is 1680. The highest BCUT2D eigenvalue weighted by molar-refractivity contribution is 6.06. The third-order valence-electron chi connectivity index (χ3n) is 6.65. The Labute approximate surface area is 261 Å². The summed E-state index contributed by atoms with van der Waals surface area (Å²) in [5, 5.41) is 19.8. The lowest BCUT2D eigenvalue weighted by Gasteiger charge is -2.18. The highest BCUT2D eigenvalue weighted by atomic mass is 16.5. The summed E-state index contributed by atoms with van der Waals surface area (Å²) in [5.41, 5.74) is 2.44. The summed E-state index contributed by atoms with van der Waals surface area (Å²) in [4.78, 5) is 51.0. The van der Waals surface area contributed by atoms with Gasteiger partial charge in [-0.2, -0.15) is 9.67 Å². The monoisotopic (exact) mass is 610 g/mol. The second kappa shape index (κ2) is 15.2. The number of carboxylic acid groups (broad SMARTS) is 1. The number of carbonyl (C=O) groups is 4. The molecule has 0 radical (unpaired) electrons. The first-order valence-electron chi connectivity index (χ1n) is 14.6. The first-order chi connectivity index (χ1) is 21.6. The van der Waals surface area contributed by atoms with E-state index >= 15 is 0 Å². The SMILES string of the molecule is CCOC(=O)C[n+]1cccc(-c2nn(-c3ccccc3)cc2C=C(NC(=O)c2ccccc2)C(=O)NC(CC(C)C)C(=O)O)c1. The zero-order valence-corrected chi connectivity index (χ0v) is 25.3. The fourth-order valence-corrected chi connectivity index (χ4v) is 4.57. The predicted octanol–water partition coefficient (Wildman–Crippen LogP) is 3.78. The molecule has 11 nitrogen and oxygen atoms in total. The van der Waals surface area contributed by atoms with Gasteiger partial charge in [-0.25, -0.2) is 14.3 Å². The lowest BCUT2D eigenvalue weighted by atomic mass is 10.0. The van der Waals surface area contributed by atoms with Crippen LogP contribution in [-0.4, -0.2) is 51.3 Å². The van der Waals surface area contributed by atoms with Gasteiger partial charge in [-0.05, 0) is 55.7 Å². The van der Waals surface area contributed by atoms with Crippen LogP contribution in [0, 0.1) is 5.92 Å². The van der Waals surface area contributed by atoms with Crippen LogP contribution in [-0.2, 0) is 25.7 Å². The minimum atomic E-state index is -1.18. The van der Waals surface area contributed by atoms with E-state index in [1.54, 1.807) is 71.2 Å². The van der Waals surface area contributed by atoms with E-state index < -0.39 is 29.8 Å². The molecule has 1 atom stereocenters. The van der Waals surface area contributed by atoms with Crippen molar-refractivity contribution in [3.05, 3.63) is 108 Å². The molecule has 0 fully saturated rings. The van der Waals surface area contributed by atoms with Gasteiger partial charge in [0.1, 0.15) is 17.4 Å². The summed E-state index contributed by atoms with van der Waals surface area (Å²) in [6.07, 6.45) is 6.83. The first-order valence-corrected chi connectivity index (χ1v) is 14.6. The van der Waals surface area contributed by atoms with E-state index in [9.17, 15) is 24.3 Å². The van der Waals surface area contributed by atoms with Gasteiger partial charge in [0.25, 0.3) is 11.8 Å². The van der Waals surface area contributed by atoms with Crippen molar-refractivity contribution in [2.45, 2.75) is 39.8 Å². The topological polar surface area (TPSA) is 143 Å². The molecule has 45 heavy (non-hydrogen) atoms. The van der Waals surface area contributed by atoms with Crippen molar-refractivity contribution in [1.82, 2.24) is 20.4 Å². The summed E-state index contributed by atoms with van der Waals surface area (Å²) < 4.78 is 8.39. The van der Waals surface area contributed by atoms with E-state index in [1.807, 2.05) is 50.2 Å². The molecule has 2 aromatic carbocycles. The number of hydrogen-bond acceptors (Lipinski definition) is 6. The number of pyridine rings is 1. The number of carboxylic acids is 1. The van der Waals surface area contributed by atoms with Crippen molar-refractivity contribution in [3.63, 3.8) is 0 Å². The number of esters is 1. The van der Waals surface area contributed by atoms with Gasteiger partial charge in [0.15, 0.2) is 12.4 Å². The molecule has 0 bridgehead atoms. The average molecular weight is 611 g/mol. The summed E-state index contributed by atoms with van der Waals surface area (Å²) in [5.74, 6) is -2.90. The Morgan fingerprint density at radius 2 is 1.69 bits per heavy atom. The maximum absolute atomic E-state index is 13.6. The highest BCUT2D eigenvalue weighted by Gasteiger charge is 2.25. The molecule has 1 unspecified atom stereocenters. The van der Waals surface area contributed by atoms with Crippen LogP contribution >= 0.6 is 0 Å². The first kappa shape index (κ1) is 32.3. The maximum Gasteiger partial charge on any atom is 0.372 e. The van der Waals surface area contributed by atoms with Gasteiger partial charge in [-0.3, -0.25) is 9.59 Å². The van der Waals surface area contributed by atoms with Crippen molar-refractivity contribution >= 4 is 29.8 Å². The zero-order valence-electron chi connectivity index (χ0n) is 25.3. The van der Waals surface area contributed by atoms with Crippen molar-refractivity contribution in [2.75, 3.05) is 6.61 Å². The number of amides is 2. The zero-order chi connectivity index (χ0) is 32.3. The van der Waals surface area contributed by atoms with E-state index in [0.29, 0.717) is 22.4 Å². The molecule has 2 heterocycles. The predicted molar refractivity (Wildman–Crippen MR) is 167 cm³/mol. The minimum Gasteiger partial charge on any atom is -0.480 e. The lowest BCUT2D eigenvalue weighted by molar-refractivity contribution is -0.685. The third-order valence-corrected chi connectivity index (χ3v) is 6.65. The molecule has 11 heteroatoms. The van der Waals surface area contributed by atoms with Gasteiger partial charge in [-0.15, -0.1) is 0 Å². The Hall–Kier alpha value is -5.58. The van der Waals surface area contributed by atoms with Crippen molar-refractivity contribution in [1.29, 1.82) is 0 Å². The van der Waals surface area contributed by atoms with Crippen molar-refractivity contribution < 1.29 is 33.6 Å². The molecule has 2 amide bonds. The quantitative estimate of drug-likeness (QED) is 0.119. The third kappa shape index (κ3) is 8.96. The Kier molecular flexibility index (Phi) is 10.9. The highest BCUT2D eigenvalue weighted by Crippen LogP contribution is 2.25. The second-order valence-electron chi connectivity index (χ2n) is 10.7. The summed E-state index contributed by atoms with van der Waals surface area (Å²) in [6, 6.07) is 20.1. The Morgan fingerprint density at radius 1 is 1.00 bits per heavy atom. The lowest BCUT2D eigenvalue weighted by Crippen LogP contribution is -2.45. The summed E-state index contributed by atoms with van der Waals surface area (Å²) >= 11 is 0. The van der Waals surface area contributed by atoms with Crippen LogP contribution in [0.25, 0.3) is 23.0 Å². The number of carbonyl (C=O) groups excluding carboxylic acids is 3. The molecule has 0 aliphatic carbocycles. The van der Waals surface area contributed by atoms with Gasteiger partial charge >= 0.3 is 11.9 Å². The van der Waals surface area contributed by atoms with Gasteiger partial charge < -0.3 is 20.5 Å². The number of rotatable bonds is 13. The fraction of sp³-hybridized carbons (Fsp3) is 0.235. The Morgan fingerprint density at radius 3 is 2.33 bits per heavy atom. The number of ether oxygens (including phenoxy) is 1. The van der Waals surface area contributed by atoms with Gasteiger partial charge in [0.05, 0.1) is 17.9 Å². The number of hydrogen-bond donors (Lipinski definition) is 3. The molecular weight excluding hydrogens is 574 g/mol. The van der Waals surface area contributed by atoms with Crippen molar-refractivity contribution in [2.24, 2.45) is 5.92 Å². The average Bonchev–Trinajstić information content (AvgIpc) is 3.45. The van der Waals surface area contributed by atoms with Crippen molar-refractivity contribution in [3.8, 4) is 16.9 Å². The van der Waals surface area contributed by atoms with Crippen LogP contribution in [0.1, 0.15) is 43.1 Å². The number of para-hydroxylation sites is 1. The van der Waals surface area contributed by atoms with Gasteiger partial charge in [0.2, 0.25) is 6.54 Å². The van der Waals surface area contributed by atoms with E-state index in [2.05, 4.69) is 10.6 Å². The molecule has 4 aromatic rings. The molecule has 4 rings (SSSR count). The van der Waals surface area contributed by atoms with Gasteiger partial charge in [-0.1, -0.05) is 50.2 Å². The van der Waals surface area contributed by atoms with E-state index in [4.69, 9.17) is 9.84 Å². The number of aromatic nitrogens is 3. The largest absolute Gasteiger partial charge is 0.480 e. The van der Waals surface area contributed by atoms with E-state index in [1.165, 1.54) is 6.08 Å². The molecule has 0 aliphatic rings. The second-order valence-corrected chi connectivity index (χ2v) is 10.7. The van der Waals surface area contributed by atoms with Crippen LogP contribution in [0.2, 0.25) is 0 Å². The molecule has 3 N–H and O–H groups in total. The molecule has 2 aromatic heterocycles. The smallest absolute Gasteiger partial charge is 0.372 e. The van der Waals surface area contributed by atoms with Crippen LogP contribution in [0.15, 0.2) is 97.1 Å². The minimum absolute atomic E-state index is 0.00664. The van der Waals surface area contributed by atoms with Gasteiger partial charge in [0, 0.05) is 23.4 Å². The van der Waals surface area contributed by atoms with E-state index in [-0.39, 0.29) is 31.2 Å². The van der Waals surface area contributed by atoms with Crippen LogP contribution in [0.5, 0.6) is 0 Å². The number of nitrogens with one attached hydrogen (secondary N) is 2. The summed E-state index contributed by atoms with van der Waals surface area (Å²) in [6.45, 7) is 5.69. The number of aliphatic carboxylic acids is 1.